The van der Waals surface area contributed by atoms with Crippen molar-refractivity contribution in [3.63, 3.8) is 0 Å². The van der Waals surface area contributed by atoms with Crippen molar-refractivity contribution >= 4 is 5.91 Å². The van der Waals surface area contributed by atoms with Gasteiger partial charge in [0.05, 0.1) is 25.4 Å². The molecule has 132 valence electrons. The second kappa shape index (κ2) is 6.98. The summed E-state index contributed by atoms with van der Waals surface area (Å²) in [5, 5.41) is 0. The van der Waals surface area contributed by atoms with E-state index < -0.39 is 0 Å². The molecule has 2 aromatic heterocycles. The Kier molecular flexibility index (Phi) is 4.55. The van der Waals surface area contributed by atoms with Crippen LogP contribution in [0.15, 0.2) is 41.1 Å². The van der Waals surface area contributed by atoms with Crippen molar-refractivity contribution in [1.82, 2.24) is 9.88 Å². The minimum absolute atomic E-state index is 0.00658. The number of morpholine rings is 1. The first-order valence-corrected chi connectivity index (χ1v) is 8.72. The summed E-state index contributed by atoms with van der Waals surface area (Å²) >= 11 is 0. The van der Waals surface area contributed by atoms with Crippen LogP contribution in [0, 0.1) is 6.92 Å². The van der Waals surface area contributed by atoms with Crippen LogP contribution >= 0.6 is 0 Å². The Morgan fingerprint density at radius 2 is 2.12 bits per heavy atom. The Hall–Kier alpha value is -2.18. The molecule has 1 aliphatic carbocycles. The van der Waals surface area contributed by atoms with Gasteiger partial charge in [0.2, 0.25) is 0 Å². The average Bonchev–Trinajstić information content (AvgIpc) is 3.26. The average molecular weight is 342 g/mol. The molecule has 6 heteroatoms. The number of carbonyl (C=O) groups is 1. The first-order chi connectivity index (χ1) is 12.2. The molecule has 1 saturated carbocycles. The molecule has 25 heavy (non-hydrogen) atoms. The van der Waals surface area contributed by atoms with Crippen molar-refractivity contribution in [3.8, 4) is 0 Å². The van der Waals surface area contributed by atoms with E-state index in [1.54, 1.807) is 18.5 Å². The predicted molar refractivity (Wildman–Crippen MR) is 90.1 cm³/mol. The molecule has 3 heterocycles. The van der Waals surface area contributed by atoms with Gasteiger partial charge in [-0.2, -0.15) is 0 Å². The van der Waals surface area contributed by atoms with Gasteiger partial charge in [0.25, 0.3) is 5.91 Å². The van der Waals surface area contributed by atoms with Gasteiger partial charge < -0.3 is 18.8 Å². The van der Waals surface area contributed by atoms with Crippen LogP contribution in [0.25, 0.3) is 0 Å². The van der Waals surface area contributed by atoms with Gasteiger partial charge >= 0.3 is 0 Å². The molecule has 0 N–H and O–H groups in total. The van der Waals surface area contributed by atoms with Gasteiger partial charge in [-0.3, -0.25) is 9.78 Å². The molecule has 0 spiro atoms. The van der Waals surface area contributed by atoms with E-state index in [-0.39, 0.29) is 24.2 Å². The Labute approximate surface area is 146 Å². The lowest BCUT2D eigenvalue weighted by molar-refractivity contribution is -0.108. The van der Waals surface area contributed by atoms with Crippen LogP contribution < -0.4 is 0 Å². The van der Waals surface area contributed by atoms with Crippen molar-refractivity contribution in [3.05, 3.63) is 53.7 Å². The monoisotopic (exact) mass is 342 g/mol. The van der Waals surface area contributed by atoms with Crippen LogP contribution in [0.2, 0.25) is 0 Å². The molecule has 1 saturated heterocycles. The van der Waals surface area contributed by atoms with Gasteiger partial charge in [-0.1, -0.05) is 0 Å². The highest BCUT2D eigenvalue weighted by atomic mass is 16.5. The fraction of sp³-hybridized carbons (Fsp3) is 0.474. The SMILES string of the molecule is Cc1ccc(C(=O)N2CCO[C@H]3[C@@H](OCc4ccncc4)CC[C@@H]32)o1. The molecule has 0 aromatic carbocycles. The zero-order valence-electron chi connectivity index (χ0n) is 14.3. The highest BCUT2D eigenvalue weighted by molar-refractivity contribution is 5.92. The zero-order chi connectivity index (χ0) is 17.2. The summed E-state index contributed by atoms with van der Waals surface area (Å²) < 4.78 is 17.6. The quantitative estimate of drug-likeness (QED) is 0.854. The summed E-state index contributed by atoms with van der Waals surface area (Å²) in [4.78, 5) is 18.7. The summed E-state index contributed by atoms with van der Waals surface area (Å²) in [6.45, 7) is 3.50. The lowest BCUT2D eigenvalue weighted by Crippen LogP contribution is -2.53. The van der Waals surface area contributed by atoms with Gasteiger partial charge in [-0.25, -0.2) is 0 Å². The van der Waals surface area contributed by atoms with E-state index in [1.165, 1.54) is 0 Å². The number of hydrogen-bond donors (Lipinski definition) is 0. The Morgan fingerprint density at radius 3 is 2.88 bits per heavy atom. The Balaban J connectivity index is 1.42. The molecule has 0 bridgehead atoms. The number of amides is 1. The smallest absolute Gasteiger partial charge is 0.289 e. The maximum atomic E-state index is 12.8. The molecule has 3 atom stereocenters. The Morgan fingerprint density at radius 1 is 1.28 bits per heavy atom. The van der Waals surface area contributed by atoms with E-state index in [0.717, 1.165) is 24.2 Å². The van der Waals surface area contributed by atoms with E-state index in [0.29, 0.717) is 25.5 Å². The number of rotatable bonds is 4. The fourth-order valence-corrected chi connectivity index (χ4v) is 3.72. The van der Waals surface area contributed by atoms with Crippen LogP contribution in [0.5, 0.6) is 0 Å². The Bertz CT molecular complexity index is 730. The van der Waals surface area contributed by atoms with Crippen molar-refractivity contribution < 1.29 is 18.7 Å². The van der Waals surface area contributed by atoms with Crippen molar-refractivity contribution in [2.45, 2.75) is 44.6 Å². The van der Waals surface area contributed by atoms with E-state index >= 15 is 0 Å². The van der Waals surface area contributed by atoms with Crippen molar-refractivity contribution in [2.75, 3.05) is 13.2 Å². The first kappa shape index (κ1) is 16.3. The first-order valence-electron chi connectivity index (χ1n) is 8.72. The number of aryl methyl sites for hydroxylation is 1. The number of ether oxygens (including phenoxy) is 2. The zero-order valence-corrected chi connectivity index (χ0v) is 14.3. The third kappa shape index (κ3) is 3.32. The largest absolute Gasteiger partial charge is 0.456 e. The van der Waals surface area contributed by atoms with Gasteiger partial charge in [0, 0.05) is 18.9 Å². The maximum absolute atomic E-state index is 12.8. The standard InChI is InChI=1S/C19H22N2O4/c1-13-2-4-17(25-13)19(22)21-10-11-23-18-15(21)3-5-16(18)24-12-14-6-8-20-9-7-14/h2,4,6-9,15-16,18H,3,5,10-12H2,1H3/t15-,16-,18+/m0/s1. The second-order valence-corrected chi connectivity index (χ2v) is 6.59. The normalized spacial score (nSPS) is 25.8. The number of carbonyl (C=O) groups excluding carboxylic acids is 1. The summed E-state index contributed by atoms with van der Waals surface area (Å²) in [5.74, 6) is 1.10. The number of furan rings is 1. The van der Waals surface area contributed by atoms with Crippen molar-refractivity contribution in [2.24, 2.45) is 0 Å². The lowest BCUT2D eigenvalue weighted by atomic mass is 10.1. The van der Waals surface area contributed by atoms with Crippen LogP contribution in [0.4, 0.5) is 0 Å². The number of nitrogens with zero attached hydrogens (tertiary/aromatic N) is 2. The summed E-state index contributed by atoms with van der Waals surface area (Å²) in [7, 11) is 0. The number of pyridine rings is 1. The fourth-order valence-electron chi connectivity index (χ4n) is 3.72. The highest BCUT2D eigenvalue weighted by Gasteiger charge is 2.45. The van der Waals surface area contributed by atoms with E-state index in [1.807, 2.05) is 30.0 Å². The molecule has 0 radical (unpaired) electrons. The van der Waals surface area contributed by atoms with Gasteiger partial charge in [0.1, 0.15) is 11.9 Å². The molecule has 4 rings (SSSR count). The molecular formula is C19H22N2O4. The second-order valence-electron chi connectivity index (χ2n) is 6.59. The van der Waals surface area contributed by atoms with Crippen LogP contribution in [0.3, 0.4) is 0 Å². The predicted octanol–water partition coefficient (Wildman–Crippen LogP) is 2.57. The molecule has 2 aromatic rings. The molecule has 2 fully saturated rings. The van der Waals surface area contributed by atoms with Crippen LogP contribution in [-0.2, 0) is 16.1 Å². The minimum Gasteiger partial charge on any atom is -0.456 e. The van der Waals surface area contributed by atoms with Crippen molar-refractivity contribution in [1.29, 1.82) is 0 Å². The topological polar surface area (TPSA) is 64.8 Å². The third-order valence-corrected chi connectivity index (χ3v) is 4.96. The molecule has 6 nitrogen and oxygen atoms in total. The number of hydrogen-bond acceptors (Lipinski definition) is 5. The van der Waals surface area contributed by atoms with Gasteiger partial charge in [-0.05, 0) is 49.6 Å². The number of aromatic nitrogens is 1. The molecule has 2 aliphatic rings. The lowest BCUT2D eigenvalue weighted by Gasteiger charge is -2.38. The summed E-state index contributed by atoms with van der Waals surface area (Å²) in [6, 6.07) is 7.51. The van der Waals surface area contributed by atoms with E-state index in [4.69, 9.17) is 13.9 Å². The summed E-state index contributed by atoms with van der Waals surface area (Å²) in [5.41, 5.74) is 1.09. The summed E-state index contributed by atoms with van der Waals surface area (Å²) in [6.07, 6.45) is 5.24. The van der Waals surface area contributed by atoms with Crippen LogP contribution in [0.1, 0.15) is 34.7 Å². The molecular weight excluding hydrogens is 320 g/mol. The molecule has 1 amide bonds. The maximum Gasteiger partial charge on any atom is 0.289 e. The minimum atomic E-state index is -0.0735. The third-order valence-electron chi connectivity index (χ3n) is 4.96. The number of fused-ring (bicyclic) bond motifs is 1. The molecule has 0 unspecified atom stereocenters. The van der Waals surface area contributed by atoms with Gasteiger partial charge in [0.15, 0.2) is 5.76 Å². The highest BCUT2D eigenvalue weighted by Crippen LogP contribution is 2.33. The van der Waals surface area contributed by atoms with Gasteiger partial charge in [-0.15, -0.1) is 0 Å². The molecule has 1 aliphatic heterocycles. The van der Waals surface area contributed by atoms with Crippen LogP contribution in [-0.4, -0.2) is 47.2 Å². The van der Waals surface area contributed by atoms with E-state index in [9.17, 15) is 4.79 Å². The van der Waals surface area contributed by atoms with E-state index in [2.05, 4.69) is 4.98 Å².